The number of rotatable bonds is 19. The topological polar surface area (TPSA) is 52.6 Å². The Morgan fingerprint density at radius 1 is 0.767 bits per heavy atom. The second-order valence-corrected chi connectivity index (χ2v) is 9.92. The van der Waals surface area contributed by atoms with Gasteiger partial charge in [0, 0.05) is 6.61 Å². The molecule has 0 aliphatic carbocycles. The molecule has 1 atom stereocenters. The van der Waals surface area contributed by atoms with Crippen molar-refractivity contribution in [3.8, 4) is 0 Å². The molecule has 0 fully saturated rings. The Balaban J connectivity index is 2.15. The molecule has 174 valence electrons. The summed E-state index contributed by atoms with van der Waals surface area (Å²) in [6.45, 7) is 6.77. The standard InChI is InChI=1S/C25H44O4S/c1-4-6-7-8-9-10-11-12-13-14-15-16-17-24(28-5-2)22-29-30(26,27)25-20-18-23(3)19-21-25/h18-21,24H,4-17,22H2,1-3H3. The second-order valence-electron chi connectivity index (χ2n) is 8.31. The zero-order chi connectivity index (χ0) is 22.1. The fourth-order valence-electron chi connectivity index (χ4n) is 3.60. The lowest BCUT2D eigenvalue weighted by Gasteiger charge is -2.17. The van der Waals surface area contributed by atoms with Crippen LogP contribution in [-0.2, 0) is 19.0 Å². The maximum atomic E-state index is 12.3. The Hall–Kier alpha value is -0.910. The molecule has 4 nitrogen and oxygen atoms in total. The molecule has 0 aromatic heterocycles. The number of aryl methyl sites for hydroxylation is 1. The molecule has 1 rings (SSSR count). The summed E-state index contributed by atoms with van der Waals surface area (Å²) < 4.78 is 35.7. The number of hydrogen-bond acceptors (Lipinski definition) is 4. The van der Waals surface area contributed by atoms with Crippen molar-refractivity contribution in [2.75, 3.05) is 13.2 Å². The Morgan fingerprint density at radius 3 is 1.77 bits per heavy atom. The largest absolute Gasteiger partial charge is 0.376 e. The number of benzene rings is 1. The Bertz CT molecular complexity index is 625. The van der Waals surface area contributed by atoms with Crippen molar-refractivity contribution >= 4 is 10.1 Å². The van der Waals surface area contributed by atoms with E-state index in [-0.39, 0.29) is 17.6 Å². The lowest BCUT2D eigenvalue weighted by atomic mass is 10.0. The summed E-state index contributed by atoms with van der Waals surface area (Å²) >= 11 is 0. The Labute approximate surface area is 185 Å². The second kappa shape index (κ2) is 16.7. The van der Waals surface area contributed by atoms with Crippen LogP contribution in [0.4, 0.5) is 0 Å². The van der Waals surface area contributed by atoms with E-state index < -0.39 is 10.1 Å². The molecule has 0 aliphatic heterocycles. The van der Waals surface area contributed by atoms with Crippen molar-refractivity contribution in [3.63, 3.8) is 0 Å². The number of ether oxygens (including phenoxy) is 1. The van der Waals surface area contributed by atoms with E-state index >= 15 is 0 Å². The van der Waals surface area contributed by atoms with Crippen LogP contribution in [0.2, 0.25) is 0 Å². The first-order valence-electron chi connectivity index (χ1n) is 12.1. The molecule has 1 unspecified atom stereocenters. The van der Waals surface area contributed by atoms with E-state index in [0.29, 0.717) is 6.61 Å². The minimum absolute atomic E-state index is 0.0854. The molecule has 1 aromatic carbocycles. The van der Waals surface area contributed by atoms with Crippen molar-refractivity contribution in [1.82, 2.24) is 0 Å². The molecule has 0 spiro atoms. The summed E-state index contributed by atoms with van der Waals surface area (Å²) in [5.74, 6) is 0. The minimum Gasteiger partial charge on any atom is -0.376 e. The van der Waals surface area contributed by atoms with E-state index in [1.54, 1.807) is 24.3 Å². The average Bonchev–Trinajstić information content (AvgIpc) is 2.73. The van der Waals surface area contributed by atoms with Gasteiger partial charge in [0.25, 0.3) is 10.1 Å². The van der Waals surface area contributed by atoms with Crippen LogP contribution in [0.1, 0.15) is 103 Å². The molecule has 0 N–H and O–H groups in total. The van der Waals surface area contributed by atoms with Gasteiger partial charge in [0.05, 0.1) is 17.6 Å². The quantitative estimate of drug-likeness (QED) is 0.169. The molecule has 0 heterocycles. The lowest BCUT2D eigenvalue weighted by Crippen LogP contribution is -2.22. The third-order valence-electron chi connectivity index (χ3n) is 5.50. The Kier molecular flexibility index (Phi) is 15.1. The first-order chi connectivity index (χ1) is 14.5. The van der Waals surface area contributed by atoms with Gasteiger partial charge in [-0.25, -0.2) is 0 Å². The van der Waals surface area contributed by atoms with Crippen LogP contribution in [-0.4, -0.2) is 27.7 Å². The molecular weight excluding hydrogens is 396 g/mol. The molecule has 5 heteroatoms. The molecule has 0 amide bonds. The zero-order valence-corrected chi connectivity index (χ0v) is 20.4. The SMILES string of the molecule is CCCCCCCCCCCCCCC(COS(=O)(=O)c1ccc(C)cc1)OCC. The van der Waals surface area contributed by atoms with Gasteiger partial charge in [-0.2, -0.15) is 8.42 Å². The monoisotopic (exact) mass is 440 g/mol. The zero-order valence-electron chi connectivity index (χ0n) is 19.5. The highest BCUT2D eigenvalue weighted by Crippen LogP contribution is 2.17. The molecule has 0 aliphatic rings. The van der Waals surface area contributed by atoms with Crippen LogP contribution in [0.15, 0.2) is 29.2 Å². The average molecular weight is 441 g/mol. The first-order valence-corrected chi connectivity index (χ1v) is 13.5. The van der Waals surface area contributed by atoms with Gasteiger partial charge >= 0.3 is 0 Å². The van der Waals surface area contributed by atoms with Crippen LogP contribution < -0.4 is 0 Å². The third-order valence-corrected chi connectivity index (χ3v) is 6.80. The highest BCUT2D eigenvalue weighted by atomic mass is 32.2. The number of hydrogen-bond donors (Lipinski definition) is 0. The van der Waals surface area contributed by atoms with Crippen LogP contribution in [0, 0.1) is 6.92 Å². The summed E-state index contributed by atoms with van der Waals surface area (Å²) in [6, 6.07) is 6.74. The van der Waals surface area contributed by atoms with Gasteiger partial charge in [0.1, 0.15) is 0 Å². The maximum absolute atomic E-state index is 12.3. The summed E-state index contributed by atoms with van der Waals surface area (Å²) in [4.78, 5) is 0.203. The van der Waals surface area contributed by atoms with Crippen LogP contribution in [0.25, 0.3) is 0 Å². The fourth-order valence-corrected chi connectivity index (χ4v) is 4.54. The van der Waals surface area contributed by atoms with Gasteiger partial charge in [-0.3, -0.25) is 4.18 Å². The molecule has 30 heavy (non-hydrogen) atoms. The normalized spacial score (nSPS) is 12.9. The van der Waals surface area contributed by atoms with E-state index in [1.807, 2.05) is 13.8 Å². The van der Waals surface area contributed by atoms with Crippen molar-refractivity contribution in [3.05, 3.63) is 29.8 Å². The van der Waals surface area contributed by atoms with Gasteiger partial charge in [0.15, 0.2) is 0 Å². The van der Waals surface area contributed by atoms with Gasteiger partial charge in [0.2, 0.25) is 0 Å². The van der Waals surface area contributed by atoms with Gasteiger partial charge < -0.3 is 4.74 Å². The van der Waals surface area contributed by atoms with Crippen molar-refractivity contribution in [2.45, 2.75) is 115 Å². The van der Waals surface area contributed by atoms with Crippen LogP contribution >= 0.6 is 0 Å². The molecule has 1 aromatic rings. The van der Waals surface area contributed by atoms with Crippen molar-refractivity contribution in [1.29, 1.82) is 0 Å². The highest BCUT2D eigenvalue weighted by Gasteiger charge is 2.18. The summed E-state index contributed by atoms with van der Waals surface area (Å²) in [6.07, 6.45) is 16.4. The van der Waals surface area contributed by atoms with Gasteiger partial charge in [-0.1, -0.05) is 102 Å². The van der Waals surface area contributed by atoms with E-state index in [2.05, 4.69) is 6.92 Å². The van der Waals surface area contributed by atoms with Crippen LogP contribution in [0.3, 0.4) is 0 Å². The van der Waals surface area contributed by atoms with Gasteiger partial charge in [-0.05, 0) is 32.4 Å². The summed E-state index contributed by atoms with van der Waals surface area (Å²) in [7, 11) is -3.73. The molecule has 0 saturated carbocycles. The first kappa shape index (κ1) is 27.1. The van der Waals surface area contributed by atoms with E-state index in [0.717, 1.165) is 18.4 Å². The van der Waals surface area contributed by atoms with Crippen LogP contribution in [0.5, 0.6) is 0 Å². The van der Waals surface area contributed by atoms with Gasteiger partial charge in [-0.15, -0.1) is 0 Å². The van der Waals surface area contributed by atoms with E-state index in [4.69, 9.17) is 8.92 Å². The molecule has 0 bridgehead atoms. The fraction of sp³-hybridized carbons (Fsp3) is 0.760. The predicted octanol–water partition coefficient (Wildman–Crippen LogP) is 7.20. The maximum Gasteiger partial charge on any atom is 0.297 e. The minimum atomic E-state index is -3.73. The molecule has 0 saturated heterocycles. The molecule has 0 radical (unpaired) electrons. The lowest BCUT2D eigenvalue weighted by molar-refractivity contribution is 0.0225. The van der Waals surface area contributed by atoms with E-state index in [1.165, 1.54) is 70.6 Å². The summed E-state index contributed by atoms with van der Waals surface area (Å²) in [5.41, 5.74) is 1.02. The van der Waals surface area contributed by atoms with Crippen molar-refractivity contribution < 1.29 is 17.3 Å². The third kappa shape index (κ3) is 12.7. The predicted molar refractivity (Wildman–Crippen MR) is 125 cm³/mol. The smallest absolute Gasteiger partial charge is 0.297 e. The number of unbranched alkanes of at least 4 members (excludes halogenated alkanes) is 11. The summed E-state index contributed by atoms with van der Waals surface area (Å²) in [5, 5.41) is 0. The highest BCUT2D eigenvalue weighted by molar-refractivity contribution is 7.86. The van der Waals surface area contributed by atoms with Crippen molar-refractivity contribution in [2.24, 2.45) is 0 Å². The Morgan fingerprint density at radius 2 is 1.27 bits per heavy atom. The van der Waals surface area contributed by atoms with E-state index in [9.17, 15) is 8.42 Å². The molecular formula is C25H44O4S.